The van der Waals surface area contributed by atoms with Crippen LogP contribution >= 0.6 is 32.0 Å². The molecule has 1 aromatic carbocycles. The average Bonchev–Trinajstić information content (AvgIpc) is 2.35. The Morgan fingerprint density at radius 1 is 1.29 bits per heavy atom. The Morgan fingerprint density at radius 2 is 1.88 bits per heavy atom. The molecule has 96 valence electrons. The number of alkyl halides is 1. The van der Waals surface area contributed by atoms with Crippen molar-refractivity contribution in [3.63, 3.8) is 0 Å². The zero-order chi connectivity index (χ0) is 12.8. The van der Waals surface area contributed by atoms with E-state index in [2.05, 4.69) is 0 Å². The number of hydrogen-bond acceptors (Lipinski definition) is 0. The molecule has 0 aliphatic carbocycles. The molecule has 0 amide bonds. The third-order valence-corrected chi connectivity index (χ3v) is 7.03. The average molecular weight is 373 g/mol. The summed E-state index contributed by atoms with van der Waals surface area (Å²) >= 11 is 3.16. The predicted molar refractivity (Wildman–Crippen MR) is 78.8 cm³/mol. The first-order valence-electron chi connectivity index (χ1n) is 5.40. The molecule has 0 saturated heterocycles. The Kier molecular flexibility index (Phi) is 6.41. The standard InChI is InChI=1S/C13H16ClF2I/c1-10-5-7-12(8-6-10)17(16)11(2)13(14)4-3-9-15/h5-8H,3-4,9H2,1-2H3/b13-11+. The van der Waals surface area contributed by atoms with Gasteiger partial charge >= 0.3 is 115 Å². The number of benzene rings is 1. The number of rotatable bonds is 5. The van der Waals surface area contributed by atoms with Crippen molar-refractivity contribution in [3.8, 4) is 0 Å². The maximum atomic E-state index is 14.3. The second-order valence-corrected chi connectivity index (χ2v) is 8.44. The van der Waals surface area contributed by atoms with Crippen molar-refractivity contribution in [1.29, 1.82) is 0 Å². The Bertz CT molecular complexity index is 387. The van der Waals surface area contributed by atoms with Gasteiger partial charge in [-0.1, -0.05) is 0 Å². The maximum absolute atomic E-state index is 14.3. The molecule has 0 spiro atoms. The zero-order valence-corrected chi connectivity index (χ0v) is 12.9. The molecule has 0 aromatic heterocycles. The van der Waals surface area contributed by atoms with Gasteiger partial charge in [-0.05, 0) is 0 Å². The van der Waals surface area contributed by atoms with E-state index in [-0.39, 0.29) is 0 Å². The van der Waals surface area contributed by atoms with E-state index in [9.17, 15) is 7.25 Å². The molecule has 0 bridgehead atoms. The van der Waals surface area contributed by atoms with Crippen LogP contribution in [0.3, 0.4) is 0 Å². The van der Waals surface area contributed by atoms with Gasteiger partial charge in [-0.2, -0.15) is 0 Å². The molecule has 0 atom stereocenters. The van der Waals surface area contributed by atoms with Crippen molar-refractivity contribution in [2.75, 3.05) is 6.67 Å². The van der Waals surface area contributed by atoms with E-state index in [0.717, 1.165) is 9.13 Å². The zero-order valence-electron chi connectivity index (χ0n) is 9.94. The van der Waals surface area contributed by atoms with Crippen LogP contribution in [0.2, 0.25) is 0 Å². The summed E-state index contributed by atoms with van der Waals surface area (Å²) in [5, 5.41) is 0.496. The molecule has 0 radical (unpaired) electrons. The van der Waals surface area contributed by atoms with Gasteiger partial charge in [0.1, 0.15) is 0 Å². The first-order chi connectivity index (χ1) is 8.06. The normalized spacial score (nSPS) is 13.4. The Morgan fingerprint density at radius 3 is 2.41 bits per heavy atom. The molecule has 0 nitrogen and oxygen atoms in total. The molecule has 0 aliphatic rings. The number of allylic oxidation sites excluding steroid dienone is 2. The van der Waals surface area contributed by atoms with Crippen LogP contribution in [0.15, 0.2) is 32.9 Å². The van der Waals surface area contributed by atoms with Crippen LogP contribution in [0.25, 0.3) is 0 Å². The molecule has 0 aliphatic heterocycles. The van der Waals surface area contributed by atoms with Gasteiger partial charge in [0.25, 0.3) is 0 Å². The fraction of sp³-hybridized carbons (Fsp3) is 0.385. The summed E-state index contributed by atoms with van der Waals surface area (Å²) in [7, 11) is 0. The molecule has 0 unspecified atom stereocenters. The Balaban J connectivity index is 2.81. The van der Waals surface area contributed by atoms with Crippen LogP contribution in [0.5, 0.6) is 0 Å². The van der Waals surface area contributed by atoms with Gasteiger partial charge in [0, 0.05) is 0 Å². The van der Waals surface area contributed by atoms with Crippen LogP contribution in [0.4, 0.5) is 7.25 Å². The van der Waals surface area contributed by atoms with Crippen molar-refractivity contribution in [2.24, 2.45) is 0 Å². The second-order valence-electron chi connectivity index (χ2n) is 3.76. The molecule has 0 fully saturated rings. The topological polar surface area (TPSA) is 0 Å². The molecule has 0 heterocycles. The van der Waals surface area contributed by atoms with Crippen LogP contribution in [0, 0.1) is 10.5 Å². The molecule has 1 aromatic rings. The summed E-state index contributed by atoms with van der Waals surface area (Å²) in [4.78, 5) is 0. The quantitative estimate of drug-likeness (QED) is 0.575. The van der Waals surface area contributed by atoms with Crippen molar-refractivity contribution in [3.05, 3.63) is 42.0 Å². The fourth-order valence-electron chi connectivity index (χ4n) is 1.29. The van der Waals surface area contributed by atoms with Gasteiger partial charge in [-0.25, -0.2) is 0 Å². The van der Waals surface area contributed by atoms with E-state index in [1.807, 2.05) is 31.2 Å². The van der Waals surface area contributed by atoms with Crippen molar-refractivity contribution in [1.82, 2.24) is 0 Å². The molecule has 0 saturated carbocycles. The minimum absolute atomic E-state index is 0.369. The monoisotopic (exact) mass is 372 g/mol. The summed E-state index contributed by atoms with van der Waals surface area (Å²) in [5.74, 6) is 0. The third-order valence-electron chi connectivity index (χ3n) is 2.36. The van der Waals surface area contributed by atoms with E-state index >= 15 is 0 Å². The first-order valence-corrected chi connectivity index (χ1v) is 8.75. The summed E-state index contributed by atoms with van der Waals surface area (Å²) in [6.45, 7) is 3.29. The molecular formula is C13H16ClF2I. The van der Waals surface area contributed by atoms with Gasteiger partial charge in [0.05, 0.1) is 0 Å². The summed E-state index contributed by atoms with van der Waals surface area (Å²) in [6.07, 6.45) is 0.807. The molecule has 1 rings (SSSR count). The molecule has 4 heteroatoms. The van der Waals surface area contributed by atoms with Crippen LogP contribution in [-0.4, -0.2) is 6.67 Å². The van der Waals surface area contributed by atoms with Gasteiger partial charge in [0.15, 0.2) is 0 Å². The second kappa shape index (κ2) is 7.31. The van der Waals surface area contributed by atoms with Gasteiger partial charge in [-0.3, -0.25) is 0 Å². The van der Waals surface area contributed by atoms with E-state index in [0.29, 0.717) is 21.5 Å². The van der Waals surface area contributed by atoms with Crippen LogP contribution < -0.4 is 0 Å². The Labute approximate surface area is 114 Å². The van der Waals surface area contributed by atoms with Crippen LogP contribution in [-0.2, 0) is 0 Å². The number of aryl methyl sites for hydroxylation is 1. The number of hydrogen-bond donors (Lipinski definition) is 0. The van der Waals surface area contributed by atoms with Crippen molar-refractivity contribution in [2.45, 2.75) is 26.7 Å². The van der Waals surface area contributed by atoms with E-state index in [1.54, 1.807) is 6.92 Å². The van der Waals surface area contributed by atoms with Crippen LogP contribution in [0.1, 0.15) is 25.3 Å². The molecule has 17 heavy (non-hydrogen) atoms. The van der Waals surface area contributed by atoms with Gasteiger partial charge < -0.3 is 0 Å². The van der Waals surface area contributed by atoms with E-state index in [1.165, 1.54) is 0 Å². The van der Waals surface area contributed by atoms with Crippen molar-refractivity contribution >= 4 is 32.0 Å². The van der Waals surface area contributed by atoms with Gasteiger partial charge in [-0.15, -0.1) is 0 Å². The summed E-state index contributed by atoms with van der Waals surface area (Å²) in [5.41, 5.74) is 1.11. The van der Waals surface area contributed by atoms with E-state index < -0.39 is 27.1 Å². The minimum atomic E-state index is -2.84. The molecular weight excluding hydrogens is 356 g/mol. The number of halogens is 4. The van der Waals surface area contributed by atoms with Gasteiger partial charge in [0.2, 0.25) is 0 Å². The summed E-state index contributed by atoms with van der Waals surface area (Å²) < 4.78 is 27.7. The van der Waals surface area contributed by atoms with Crippen molar-refractivity contribution < 1.29 is 7.25 Å². The predicted octanol–water partition coefficient (Wildman–Crippen LogP) is 5.78. The third kappa shape index (κ3) is 4.54. The summed E-state index contributed by atoms with van der Waals surface area (Å²) in [6, 6.07) is 7.45. The first kappa shape index (κ1) is 14.9. The Hall–Kier alpha value is -0.160. The van der Waals surface area contributed by atoms with E-state index in [4.69, 9.17) is 11.6 Å². The molecule has 0 N–H and O–H groups in total. The SMILES string of the molecule is C/C(=C(\Cl)CCCF)I(F)c1ccc(C)cc1. The fourth-order valence-corrected chi connectivity index (χ4v) is 4.55.